The van der Waals surface area contributed by atoms with Crippen molar-refractivity contribution in [2.45, 2.75) is 19.3 Å². The highest BCUT2D eigenvalue weighted by Crippen LogP contribution is 2.36. The van der Waals surface area contributed by atoms with Gasteiger partial charge in [-0.05, 0) is 42.0 Å². The molecule has 2 aliphatic rings. The minimum atomic E-state index is -0.288. The highest BCUT2D eigenvalue weighted by Gasteiger charge is 2.26. The quantitative estimate of drug-likeness (QED) is 0.727. The maximum absolute atomic E-state index is 12.5. The van der Waals surface area contributed by atoms with Gasteiger partial charge in [0.2, 0.25) is 6.79 Å². The van der Waals surface area contributed by atoms with Crippen molar-refractivity contribution in [2.75, 3.05) is 12.1 Å². The fourth-order valence-electron chi connectivity index (χ4n) is 3.31. The summed E-state index contributed by atoms with van der Waals surface area (Å²) in [6.45, 7) is 1.12. The van der Waals surface area contributed by atoms with E-state index in [1.807, 2.05) is 22.9 Å². The van der Waals surface area contributed by atoms with E-state index in [9.17, 15) is 4.79 Å². The predicted octanol–water partition coefficient (Wildman–Crippen LogP) is 3.79. The number of nitrogens with zero attached hydrogens (tertiary/aromatic N) is 2. The number of amides is 1. The third-order valence-electron chi connectivity index (χ3n) is 4.72. The number of carbonyl (C=O) groups is 1. The molecule has 0 spiro atoms. The number of hydrogen-bond acceptors (Lipinski definition) is 5. The van der Waals surface area contributed by atoms with Crippen LogP contribution in [0.4, 0.5) is 5.69 Å². The molecule has 1 N–H and O–H groups in total. The zero-order chi connectivity index (χ0) is 19.1. The lowest BCUT2D eigenvalue weighted by molar-refractivity contribution is -0.00127. The van der Waals surface area contributed by atoms with Crippen molar-refractivity contribution >= 4 is 23.2 Å². The molecule has 142 valence electrons. The third kappa shape index (κ3) is 3.19. The van der Waals surface area contributed by atoms with Gasteiger partial charge in [0.15, 0.2) is 17.2 Å². The minimum Gasteiger partial charge on any atom is -0.454 e. The Balaban J connectivity index is 1.33. The number of halogens is 1. The second kappa shape index (κ2) is 6.85. The maximum atomic E-state index is 12.5. The first-order valence-electron chi connectivity index (χ1n) is 8.80. The number of benzene rings is 2. The number of fused-ring (bicyclic) bond motifs is 2. The number of anilines is 1. The Kier molecular flexibility index (Phi) is 4.18. The van der Waals surface area contributed by atoms with Crippen LogP contribution in [0, 0.1) is 0 Å². The number of carbonyl (C=O) groups excluding carboxylic acids is 1. The Morgan fingerprint density at radius 1 is 1.14 bits per heavy atom. The van der Waals surface area contributed by atoms with Gasteiger partial charge in [-0.2, -0.15) is 5.10 Å². The fraction of sp³-hybridized carbons (Fsp3) is 0.200. The summed E-state index contributed by atoms with van der Waals surface area (Å²) < 4.78 is 18.6. The molecule has 0 bridgehead atoms. The molecule has 0 radical (unpaired) electrons. The summed E-state index contributed by atoms with van der Waals surface area (Å²) in [5.41, 5.74) is 2.80. The summed E-state index contributed by atoms with van der Waals surface area (Å²) in [7, 11) is 0. The number of rotatable bonds is 3. The van der Waals surface area contributed by atoms with Crippen LogP contribution in [0.15, 0.2) is 48.5 Å². The van der Waals surface area contributed by atoms with Gasteiger partial charge in [-0.15, -0.1) is 0 Å². The van der Waals surface area contributed by atoms with Crippen LogP contribution in [0.3, 0.4) is 0 Å². The summed E-state index contributed by atoms with van der Waals surface area (Å²) >= 11 is 5.96. The van der Waals surface area contributed by atoms with E-state index in [1.54, 1.807) is 30.3 Å². The maximum Gasteiger partial charge on any atom is 0.276 e. The van der Waals surface area contributed by atoms with Gasteiger partial charge in [-0.3, -0.25) is 9.48 Å². The smallest absolute Gasteiger partial charge is 0.276 e. The molecule has 0 saturated carbocycles. The Morgan fingerprint density at radius 3 is 2.93 bits per heavy atom. The first-order valence-corrected chi connectivity index (χ1v) is 9.18. The van der Waals surface area contributed by atoms with Gasteiger partial charge in [-0.25, -0.2) is 0 Å². The van der Waals surface area contributed by atoms with Crippen LogP contribution >= 0.6 is 11.6 Å². The van der Waals surface area contributed by atoms with Gasteiger partial charge >= 0.3 is 0 Å². The molecule has 0 saturated heterocycles. The van der Waals surface area contributed by atoms with E-state index in [1.165, 1.54) is 0 Å². The van der Waals surface area contributed by atoms with E-state index in [2.05, 4.69) is 10.4 Å². The minimum absolute atomic E-state index is 0.175. The third-order valence-corrected chi connectivity index (χ3v) is 4.95. The highest BCUT2D eigenvalue weighted by atomic mass is 35.5. The van der Waals surface area contributed by atoms with Gasteiger partial charge in [0, 0.05) is 10.7 Å². The van der Waals surface area contributed by atoms with E-state index in [0.717, 1.165) is 17.0 Å². The van der Waals surface area contributed by atoms with Crippen molar-refractivity contribution in [3.63, 3.8) is 0 Å². The lowest BCUT2D eigenvalue weighted by atomic mass is 10.1. The van der Waals surface area contributed by atoms with Crippen molar-refractivity contribution in [2.24, 2.45) is 0 Å². The van der Waals surface area contributed by atoms with E-state index in [4.69, 9.17) is 25.8 Å². The van der Waals surface area contributed by atoms with E-state index in [0.29, 0.717) is 35.3 Å². The molecule has 5 rings (SSSR count). The molecule has 0 aliphatic carbocycles. The number of hydrogen-bond donors (Lipinski definition) is 1. The van der Waals surface area contributed by atoms with Gasteiger partial charge in [0.25, 0.3) is 5.91 Å². The van der Waals surface area contributed by atoms with E-state index >= 15 is 0 Å². The molecule has 1 amide bonds. The van der Waals surface area contributed by atoms with Crippen LogP contribution in [0.25, 0.3) is 0 Å². The van der Waals surface area contributed by atoms with Crippen LogP contribution in [0.5, 0.6) is 11.5 Å². The van der Waals surface area contributed by atoms with Crippen molar-refractivity contribution in [3.05, 3.63) is 70.5 Å². The normalized spacial score (nSPS) is 17.2. The van der Waals surface area contributed by atoms with Crippen molar-refractivity contribution in [1.82, 2.24) is 9.78 Å². The van der Waals surface area contributed by atoms with Crippen LogP contribution in [0.1, 0.15) is 27.8 Å². The van der Waals surface area contributed by atoms with Crippen molar-refractivity contribution in [3.8, 4) is 11.5 Å². The molecule has 2 aliphatic heterocycles. The topological polar surface area (TPSA) is 74.6 Å². The number of ether oxygens (including phenoxy) is 3. The Hall–Kier alpha value is -3.03. The summed E-state index contributed by atoms with van der Waals surface area (Å²) in [5, 5.41) is 7.82. The molecule has 3 aromatic rings. The first-order chi connectivity index (χ1) is 13.7. The van der Waals surface area contributed by atoms with E-state index in [-0.39, 0.29) is 18.8 Å². The number of aromatic nitrogens is 2. The van der Waals surface area contributed by atoms with E-state index < -0.39 is 0 Å². The average Bonchev–Trinajstić information content (AvgIpc) is 3.33. The average molecular weight is 398 g/mol. The van der Waals surface area contributed by atoms with Gasteiger partial charge in [0.05, 0.1) is 18.8 Å². The van der Waals surface area contributed by atoms with Crippen LogP contribution in [-0.4, -0.2) is 22.5 Å². The summed E-state index contributed by atoms with van der Waals surface area (Å²) in [6.07, 6.45) is -0.175. The van der Waals surface area contributed by atoms with Crippen LogP contribution < -0.4 is 14.8 Å². The van der Waals surface area contributed by atoms with Crippen LogP contribution in [-0.2, 0) is 17.9 Å². The summed E-state index contributed by atoms with van der Waals surface area (Å²) in [6, 6.07) is 14.5. The highest BCUT2D eigenvalue weighted by molar-refractivity contribution is 6.30. The van der Waals surface area contributed by atoms with Gasteiger partial charge in [0.1, 0.15) is 6.10 Å². The molecule has 3 heterocycles. The molecule has 28 heavy (non-hydrogen) atoms. The molecule has 0 fully saturated rings. The molecule has 1 atom stereocenters. The van der Waals surface area contributed by atoms with Gasteiger partial charge in [-0.1, -0.05) is 23.7 Å². The summed E-state index contributed by atoms with van der Waals surface area (Å²) in [5.74, 6) is 1.16. The van der Waals surface area contributed by atoms with Gasteiger partial charge < -0.3 is 19.5 Å². The molecule has 2 aromatic carbocycles. The fourth-order valence-corrected chi connectivity index (χ4v) is 3.50. The Morgan fingerprint density at radius 2 is 2.04 bits per heavy atom. The molecule has 1 aromatic heterocycles. The lowest BCUT2D eigenvalue weighted by Gasteiger charge is -2.24. The van der Waals surface area contributed by atoms with Crippen LogP contribution in [0.2, 0.25) is 5.02 Å². The number of nitrogens with one attached hydrogen (secondary N) is 1. The predicted molar refractivity (Wildman–Crippen MR) is 102 cm³/mol. The zero-order valence-corrected chi connectivity index (χ0v) is 15.5. The Labute approximate surface area is 165 Å². The van der Waals surface area contributed by atoms with Crippen molar-refractivity contribution < 1.29 is 19.0 Å². The van der Waals surface area contributed by atoms with Crippen molar-refractivity contribution in [1.29, 1.82) is 0 Å². The molecular formula is C20H16ClN3O4. The molecule has 7 nitrogen and oxygen atoms in total. The standard InChI is InChI=1S/C20H16ClN3O4/c21-13-2-1-3-14(7-13)22-20(25)16-8-15-10-26-19(9-24(15)23-16)12-4-5-17-18(6-12)28-11-27-17/h1-8,19H,9-11H2,(H,22,25). The Bertz CT molecular complexity index is 1070. The second-order valence-electron chi connectivity index (χ2n) is 6.58. The molecule has 8 heteroatoms. The second-order valence-corrected chi connectivity index (χ2v) is 7.02. The largest absolute Gasteiger partial charge is 0.454 e. The monoisotopic (exact) mass is 397 g/mol. The SMILES string of the molecule is O=C(Nc1cccc(Cl)c1)c1cc2n(n1)CC(c1ccc3c(c1)OCO3)OC2. The summed E-state index contributed by atoms with van der Waals surface area (Å²) in [4.78, 5) is 12.5. The molecular weight excluding hydrogens is 382 g/mol. The first kappa shape index (κ1) is 17.1. The lowest BCUT2D eigenvalue weighted by Crippen LogP contribution is -2.22. The zero-order valence-electron chi connectivity index (χ0n) is 14.7. The molecule has 1 unspecified atom stereocenters.